The van der Waals surface area contributed by atoms with Crippen LogP contribution in [-0.4, -0.2) is 17.6 Å². The molecule has 3 heteroatoms. The highest BCUT2D eigenvalue weighted by molar-refractivity contribution is 5.30. The van der Waals surface area contributed by atoms with Gasteiger partial charge in [0, 0.05) is 18.2 Å². The Labute approximate surface area is 103 Å². The number of rotatable bonds is 5. The normalized spacial score (nSPS) is 11.5. The van der Waals surface area contributed by atoms with E-state index in [-0.39, 0.29) is 6.04 Å². The number of ether oxygens (including phenoxy) is 1. The van der Waals surface area contributed by atoms with Crippen molar-refractivity contribution in [1.29, 1.82) is 0 Å². The lowest BCUT2D eigenvalue weighted by atomic mass is 10.1. The van der Waals surface area contributed by atoms with E-state index in [0.717, 1.165) is 30.0 Å². The molecular weight excluding hydrogens is 212 g/mol. The molecular formula is C14H20N2O. The summed E-state index contributed by atoms with van der Waals surface area (Å²) in [5.74, 6) is 6.47. The molecule has 0 spiro atoms. The van der Waals surface area contributed by atoms with Gasteiger partial charge in [0.2, 0.25) is 0 Å². The summed E-state index contributed by atoms with van der Waals surface area (Å²) >= 11 is 0. The van der Waals surface area contributed by atoms with Gasteiger partial charge in [-0.3, -0.25) is 4.98 Å². The lowest BCUT2D eigenvalue weighted by molar-refractivity contribution is 0.361. The van der Waals surface area contributed by atoms with Gasteiger partial charge in [0.05, 0.1) is 5.69 Å². The second-order valence-corrected chi connectivity index (χ2v) is 3.99. The second-order valence-electron chi connectivity index (χ2n) is 3.99. The van der Waals surface area contributed by atoms with Gasteiger partial charge in [-0.2, -0.15) is 0 Å². The Bertz CT molecular complexity index is 418. The minimum atomic E-state index is 0.129. The van der Waals surface area contributed by atoms with Crippen molar-refractivity contribution in [3.8, 4) is 17.6 Å². The molecule has 17 heavy (non-hydrogen) atoms. The zero-order chi connectivity index (χ0) is 12.7. The summed E-state index contributed by atoms with van der Waals surface area (Å²) < 4.78 is 5.59. The van der Waals surface area contributed by atoms with E-state index in [2.05, 4.69) is 23.7 Å². The van der Waals surface area contributed by atoms with E-state index in [0.29, 0.717) is 6.61 Å². The molecule has 0 fully saturated rings. The van der Waals surface area contributed by atoms with Crippen LogP contribution in [0.25, 0.3) is 0 Å². The maximum absolute atomic E-state index is 5.96. The predicted octanol–water partition coefficient (Wildman–Crippen LogP) is 2.07. The van der Waals surface area contributed by atoms with Crippen LogP contribution in [-0.2, 0) is 6.42 Å². The minimum Gasteiger partial charge on any atom is -0.479 e. The van der Waals surface area contributed by atoms with Crippen LogP contribution in [0.15, 0.2) is 12.1 Å². The zero-order valence-corrected chi connectivity index (χ0v) is 10.8. The summed E-state index contributed by atoms with van der Waals surface area (Å²) in [5.41, 5.74) is 7.87. The second kappa shape index (κ2) is 6.93. The van der Waals surface area contributed by atoms with Crippen molar-refractivity contribution in [2.75, 3.05) is 6.61 Å². The molecule has 0 aliphatic carbocycles. The smallest absolute Gasteiger partial charge is 0.149 e. The lowest BCUT2D eigenvalue weighted by Crippen LogP contribution is -2.22. The van der Waals surface area contributed by atoms with Crippen LogP contribution < -0.4 is 10.5 Å². The molecule has 2 N–H and O–H groups in total. The number of nitrogens with two attached hydrogens (primary N) is 1. The number of hydrogen-bond acceptors (Lipinski definition) is 3. The van der Waals surface area contributed by atoms with E-state index in [1.807, 2.05) is 19.1 Å². The molecule has 1 aromatic rings. The largest absolute Gasteiger partial charge is 0.479 e. The maximum Gasteiger partial charge on any atom is 0.149 e. The molecule has 1 heterocycles. The van der Waals surface area contributed by atoms with Crippen LogP contribution in [0, 0.1) is 18.8 Å². The Hall–Kier alpha value is -1.53. The van der Waals surface area contributed by atoms with Gasteiger partial charge in [0.15, 0.2) is 0 Å². The lowest BCUT2D eigenvalue weighted by Gasteiger charge is -2.13. The molecule has 0 bridgehead atoms. The van der Waals surface area contributed by atoms with Crippen molar-refractivity contribution < 1.29 is 4.74 Å². The molecule has 0 aliphatic rings. The summed E-state index contributed by atoms with van der Waals surface area (Å²) in [5, 5.41) is 0. The molecule has 1 unspecified atom stereocenters. The van der Waals surface area contributed by atoms with Crippen LogP contribution >= 0.6 is 0 Å². The summed E-state index contributed by atoms with van der Waals surface area (Å²) in [6.07, 6.45) is 1.68. The topological polar surface area (TPSA) is 48.1 Å². The van der Waals surface area contributed by atoms with Crippen molar-refractivity contribution in [3.63, 3.8) is 0 Å². The highest BCUT2D eigenvalue weighted by Crippen LogP contribution is 2.18. The molecule has 1 aromatic heterocycles. The molecule has 0 amide bonds. The minimum absolute atomic E-state index is 0.129. The fraction of sp³-hybridized carbons (Fsp3) is 0.500. The van der Waals surface area contributed by atoms with Gasteiger partial charge in [-0.25, -0.2) is 0 Å². The number of aryl methyl sites for hydroxylation is 1. The van der Waals surface area contributed by atoms with Crippen molar-refractivity contribution in [3.05, 3.63) is 23.5 Å². The average Bonchev–Trinajstić information content (AvgIpc) is 2.32. The predicted molar refractivity (Wildman–Crippen MR) is 69.9 cm³/mol. The van der Waals surface area contributed by atoms with Crippen molar-refractivity contribution in [1.82, 2.24) is 4.98 Å². The number of nitrogens with zero attached hydrogens (tertiary/aromatic N) is 1. The first kappa shape index (κ1) is 13.5. The Morgan fingerprint density at radius 3 is 2.88 bits per heavy atom. The first-order valence-electron chi connectivity index (χ1n) is 5.91. The molecule has 0 saturated heterocycles. The van der Waals surface area contributed by atoms with Crippen molar-refractivity contribution in [2.45, 2.75) is 39.7 Å². The van der Waals surface area contributed by atoms with E-state index in [1.165, 1.54) is 0 Å². The van der Waals surface area contributed by atoms with Gasteiger partial charge in [-0.05, 0) is 32.4 Å². The summed E-state index contributed by atoms with van der Waals surface area (Å²) in [6.45, 7) is 6.24. The molecule has 92 valence electrons. The van der Waals surface area contributed by atoms with E-state index in [1.54, 1.807) is 6.92 Å². The highest BCUT2D eigenvalue weighted by Gasteiger charge is 2.09. The van der Waals surface area contributed by atoms with Crippen LogP contribution in [0.4, 0.5) is 0 Å². The fourth-order valence-corrected chi connectivity index (χ4v) is 1.45. The molecule has 0 saturated carbocycles. The van der Waals surface area contributed by atoms with E-state index >= 15 is 0 Å². The van der Waals surface area contributed by atoms with Gasteiger partial charge in [-0.15, -0.1) is 5.92 Å². The van der Waals surface area contributed by atoms with E-state index in [4.69, 9.17) is 10.5 Å². The van der Waals surface area contributed by atoms with Crippen LogP contribution in [0.1, 0.15) is 31.7 Å². The van der Waals surface area contributed by atoms with E-state index < -0.39 is 0 Å². The average molecular weight is 232 g/mol. The third-order valence-electron chi connectivity index (χ3n) is 2.53. The first-order valence-corrected chi connectivity index (χ1v) is 5.91. The Morgan fingerprint density at radius 1 is 1.47 bits per heavy atom. The van der Waals surface area contributed by atoms with E-state index in [9.17, 15) is 0 Å². The first-order chi connectivity index (χ1) is 8.17. The molecule has 0 aliphatic heterocycles. The molecule has 3 nitrogen and oxygen atoms in total. The maximum atomic E-state index is 5.96. The monoisotopic (exact) mass is 232 g/mol. The molecule has 0 radical (unpaired) electrons. The third kappa shape index (κ3) is 4.46. The molecule has 1 rings (SSSR count). The van der Waals surface area contributed by atoms with Crippen molar-refractivity contribution in [2.24, 2.45) is 5.73 Å². The third-order valence-corrected chi connectivity index (χ3v) is 2.53. The van der Waals surface area contributed by atoms with Crippen LogP contribution in [0.3, 0.4) is 0 Å². The van der Waals surface area contributed by atoms with Gasteiger partial charge >= 0.3 is 0 Å². The Kier molecular flexibility index (Phi) is 5.51. The Morgan fingerprint density at radius 2 is 2.24 bits per heavy atom. The van der Waals surface area contributed by atoms with Crippen molar-refractivity contribution >= 4 is 0 Å². The van der Waals surface area contributed by atoms with Gasteiger partial charge < -0.3 is 10.5 Å². The van der Waals surface area contributed by atoms with Gasteiger partial charge in [0.25, 0.3) is 0 Å². The zero-order valence-electron chi connectivity index (χ0n) is 10.8. The van der Waals surface area contributed by atoms with Crippen LogP contribution in [0.2, 0.25) is 0 Å². The number of hydrogen-bond donors (Lipinski definition) is 1. The molecule has 1 atom stereocenters. The number of aromatic nitrogens is 1. The Balaban J connectivity index is 2.82. The SMILES string of the molecule is CC#CCOc1ccc(C)nc1CC(N)CC. The summed E-state index contributed by atoms with van der Waals surface area (Å²) in [7, 11) is 0. The highest BCUT2D eigenvalue weighted by atomic mass is 16.5. The summed E-state index contributed by atoms with van der Waals surface area (Å²) in [6, 6.07) is 4.01. The van der Waals surface area contributed by atoms with Gasteiger partial charge in [0.1, 0.15) is 12.4 Å². The molecule has 0 aromatic carbocycles. The van der Waals surface area contributed by atoms with Gasteiger partial charge in [-0.1, -0.05) is 12.8 Å². The quantitative estimate of drug-likeness (QED) is 0.791. The number of pyridine rings is 1. The fourth-order valence-electron chi connectivity index (χ4n) is 1.45. The van der Waals surface area contributed by atoms with Crippen LogP contribution in [0.5, 0.6) is 5.75 Å². The summed E-state index contributed by atoms with van der Waals surface area (Å²) in [4.78, 5) is 4.49. The standard InChI is InChI=1S/C14H20N2O/c1-4-6-9-17-14-8-7-11(3)16-13(14)10-12(15)5-2/h7-8,12H,5,9-10,15H2,1-3H3.